The number of carbonyl (C=O) groups is 2. The number of morpholine rings is 1. The Morgan fingerprint density at radius 3 is 2.54 bits per heavy atom. The molecule has 1 aromatic carbocycles. The summed E-state index contributed by atoms with van der Waals surface area (Å²) in [6.07, 6.45) is 0.428. The topological polar surface area (TPSA) is 58.6 Å². The highest BCUT2D eigenvalue weighted by molar-refractivity contribution is 7.14. The lowest BCUT2D eigenvalue weighted by atomic mass is 10.1. The summed E-state index contributed by atoms with van der Waals surface area (Å²) in [5.41, 5.74) is 2.96. The van der Waals surface area contributed by atoms with Crippen LogP contribution in [0.2, 0.25) is 0 Å². The van der Waals surface area contributed by atoms with Crippen molar-refractivity contribution >= 4 is 34.4 Å². The molecule has 3 rings (SSSR count). The molecule has 1 saturated heterocycles. The normalized spacial score (nSPS) is 14.3. The number of thiophene rings is 1. The molecule has 1 fully saturated rings. The summed E-state index contributed by atoms with van der Waals surface area (Å²) in [5.74, 6) is -0.105. The number of benzene rings is 1. The minimum absolute atomic E-state index is 0.0256. The fourth-order valence-electron chi connectivity index (χ4n) is 2.95. The van der Waals surface area contributed by atoms with Gasteiger partial charge < -0.3 is 15.0 Å². The van der Waals surface area contributed by atoms with Gasteiger partial charge in [-0.15, -0.1) is 11.3 Å². The van der Waals surface area contributed by atoms with Gasteiger partial charge in [0.1, 0.15) is 0 Å². The van der Waals surface area contributed by atoms with Gasteiger partial charge in [0.25, 0.3) is 0 Å². The monoisotopic (exact) mass is 372 g/mol. The molecule has 0 saturated carbocycles. The van der Waals surface area contributed by atoms with Crippen molar-refractivity contribution in [1.82, 2.24) is 0 Å². The van der Waals surface area contributed by atoms with Crippen molar-refractivity contribution in [2.75, 3.05) is 36.5 Å². The number of ether oxygens (including phenoxy) is 1. The Balaban J connectivity index is 1.54. The Labute approximate surface area is 158 Å². The first-order valence-electron chi connectivity index (χ1n) is 8.86. The maximum Gasteiger partial charge on any atom is 0.224 e. The van der Waals surface area contributed by atoms with Gasteiger partial charge in [0.2, 0.25) is 5.91 Å². The third-order valence-electron chi connectivity index (χ3n) is 4.45. The van der Waals surface area contributed by atoms with Crippen LogP contribution >= 0.6 is 11.3 Å². The standard InChI is InChI=1S/C20H24N2O3S/c1-14-13-16(22-9-11-25-12-10-22)4-5-17(14)21-20(24)8-6-18(23)19-7-3-15(2)26-19/h3-5,7,13H,6,8-12H2,1-2H3,(H,21,24). The molecule has 0 spiro atoms. The van der Waals surface area contributed by atoms with Crippen molar-refractivity contribution in [3.05, 3.63) is 45.6 Å². The van der Waals surface area contributed by atoms with Crippen molar-refractivity contribution in [2.24, 2.45) is 0 Å². The molecule has 0 atom stereocenters. The molecule has 138 valence electrons. The number of ketones is 1. The first kappa shape index (κ1) is 18.6. The lowest BCUT2D eigenvalue weighted by molar-refractivity contribution is -0.116. The van der Waals surface area contributed by atoms with Crippen molar-refractivity contribution in [1.29, 1.82) is 0 Å². The zero-order valence-corrected chi connectivity index (χ0v) is 16.0. The second kappa shape index (κ2) is 8.47. The van der Waals surface area contributed by atoms with Crippen LogP contribution in [0.4, 0.5) is 11.4 Å². The molecule has 1 aliphatic rings. The molecule has 0 radical (unpaired) electrons. The van der Waals surface area contributed by atoms with Gasteiger partial charge in [0.15, 0.2) is 5.78 Å². The van der Waals surface area contributed by atoms with E-state index in [4.69, 9.17) is 4.74 Å². The highest BCUT2D eigenvalue weighted by Crippen LogP contribution is 2.24. The second-order valence-corrected chi connectivity index (χ2v) is 7.77. The Bertz CT molecular complexity index is 794. The second-order valence-electron chi connectivity index (χ2n) is 6.48. The number of amides is 1. The fourth-order valence-corrected chi connectivity index (χ4v) is 3.79. The minimum atomic E-state index is -0.131. The quantitative estimate of drug-likeness (QED) is 0.784. The van der Waals surface area contributed by atoms with Gasteiger partial charge in [-0.25, -0.2) is 0 Å². The van der Waals surface area contributed by atoms with Gasteiger partial charge in [0.05, 0.1) is 18.1 Å². The summed E-state index contributed by atoms with van der Waals surface area (Å²) in [6, 6.07) is 9.79. The van der Waals surface area contributed by atoms with Crippen molar-refractivity contribution < 1.29 is 14.3 Å². The minimum Gasteiger partial charge on any atom is -0.378 e. The van der Waals surface area contributed by atoms with E-state index in [1.165, 1.54) is 11.3 Å². The van der Waals surface area contributed by atoms with E-state index in [0.29, 0.717) is 0 Å². The SMILES string of the molecule is Cc1ccc(C(=O)CCC(=O)Nc2ccc(N3CCOCC3)cc2C)s1. The number of nitrogens with one attached hydrogen (secondary N) is 1. The van der Waals surface area contributed by atoms with Crippen LogP contribution in [0.1, 0.15) is 33.0 Å². The van der Waals surface area contributed by atoms with Gasteiger partial charge in [-0.3, -0.25) is 9.59 Å². The van der Waals surface area contributed by atoms with E-state index in [2.05, 4.69) is 16.3 Å². The third kappa shape index (κ3) is 4.71. The van der Waals surface area contributed by atoms with Crippen LogP contribution in [-0.2, 0) is 9.53 Å². The summed E-state index contributed by atoms with van der Waals surface area (Å²) >= 11 is 1.47. The van der Waals surface area contributed by atoms with E-state index < -0.39 is 0 Å². The number of Topliss-reactive ketones (excluding diaryl/α,β-unsaturated/α-hetero) is 1. The molecule has 2 heterocycles. The summed E-state index contributed by atoms with van der Waals surface area (Å²) in [6.45, 7) is 7.21. The Morgan fingerprint density at radius 1 is 1.12 bits per heavy atom. The highest BCUT2D eigenvalue weighted by atomic mass is 32.1. The molecule has 1 amide bonds. The van der Waals surface area contributed by atoms with Gasteiger partial charge in [-0.1, -0.05) is 0 Å². The van der Waals surface area contributed by atoms with E-state index in [0.717, 1.165) is 53.0 Å². The predicted octanol–water partition coefficient (Wildman–Crippen LogP) is 3.80. The Hall–Kier alpha value is -2.18. The fraction of sp³-hybridized carbons (Fsp3) is 0.400. The van der Waals surface area contributed by atoms with E-state index in [1.807, 2.05) is 38.1 Å². The van der Waals surface area contributed by atoms with Crippen molar-refractivity contribution in [3.63, 3.8) is 0 Å². The van der Waals surface area contributed by atoms with Crippen LogP contribution in [0, 0.1) is 13.8 Å². The molecule has 0 bridgehead atoms. The molecular weight excluding hydrogens is 348 g/mol. The highest BCUT2D eigenvalue weighted by Gasteiger charge is 2.14. The van der Waals surface area contributed by atoms with E-state index in [9.17, 15) is 9.59 Å². The number of hydrogen-bond donors (Lipinski definition) is 1. The molecule has 2 aromatic rings. The smallest absolute Gasteiger partial charge is 0.224 e. The molecular formula is C20H24N2O3S. The lowest BCUT2D eigenvalue weighted by Crippen LogP contribution is -2.36. The average Bonchev–Trinajstić information content (AvgIpc) is 3.08. The number of hydrogen-bond acceptors (Lipinski definition) is 5. The van der Waals surface area contributed by atoms with Crippen LogP contribution in [0.5, 0.6) is 0 Å². The maximum atomic E-state index is 12.2. The summed E-state index contributed by atoms with van der Waals surface area (Å²) in [4.78, 5) is 28.4. The first-order chi connectivity index (χ1) is 12.5. The van der Waals surface area contributed by atoms with E-state index in [-0.39, 0.29) is 24.5 Å². The lowest BCUT2D eigenvalue weighted by Gasteiger charge is -2.29. The zero-order valence-electron chi connectivity index (χ0n) is 15.2. The molecule has 1 aromatic heterocycles. The first-order valence-corrected chi connectivity index (χ1v) is 9.67. The van der Waals surface area contributed by atoms with Crippen LogP contribution in [0.15, 0.2) is 30.3 Å². The average molecular weight is 372 g/mol. The van der Waals surface area contributed by atoms with Crippen LogP contribution in [0.25, 0.3) is 0 Å². The molecule has 0 unspecified atom stereocenters. The van der Waals surface area contributed by atoms with Crippen LogP contribution < -0.4 is 10.2 Å². The number of aryl methyl sites for hydroxylation is 2. The third-order valence-corrected chi connectivity index (χ3v) is 5.50. The predicted molar refractivity (Wildman–Crippen MR) is 105 cm³/mol. The Kier molecular flexibility index (Phi) is 6.06. The summed E-state index contributed by atoms with van der Waals surface area (Å²) in [5, 5.41) is 2.92. The van der Waals surface area contributed by atoms with E-state index in [1.54, 1.807) is 0 Å². The van der Waals surface area contributed by atoms with Crippen molar-refractivity contribution in [3.8, 4) is 0 Å². The van der Waals surface area contributed by atoms with Gasteiger partial charge >= 0.3 is 0 Å². The largest absolute Gasteiger partial charge is 0.378 e. The number of nitrogens with zero attached hydrogens (tertiary/aromatic N) is 1. The molecule has 1 N–H and O–H groups in total. The molecule has 6 heteroatoms. The van der Waals surface area contributed by atoms with E-state index >= 15 is 0 Å². The molecule has 26 heavy (non-hydrogen) atoms. The van der Waals surface area contributed by atoms with Gasteiger partial charge in [-0.2, -0.15) is 0 Å². The van der Waals surface area contributed by atoms with Gasteiger partial charge in [-0.05, 0) is 49.7 Å². The zero-order chi connectivity index (χ0) is 18.5. The number of anilines is 2. The maximum absolute atomic E-state index is 12.2. The summed E-state index contributed by atoms with van der Waals surface area (Å²) in [7, 11) is 0. The van der Waals surface area contributed by atoms with Crippen molar-refractivity contribution in [2.45, 2.75) is 26.7 Å². The van der Waals surface area contributed by atoms with Crippen LogP contribution in [-0.4, -0.2) is 38.0 Å². The molecule has 1 aliphatic heterocycles. The molecule has 5 nitrogen and oxygen atoms in total. The van der Waals surface area contributed by atoms with Gasteiger partial charge in [0, 0.05) is 42.2 Å². The molecule has 0 aliphatic carbocycles. The number of carbonyl (C=O) groups excluding carboxylic acids is 2. The van der Waals surface area contributed by atoms with Crippen LogP contribution in [0.3, 0.4) is 0 Å². The number of rotatable bonds is 6. The summed E-state index contributed by atoms with van der Waals surface area (Å²) < 4.78 is 5.38. The Morgan fingerprint density at radius 2 is 1.88 bits per heavy atom.